The molecule has 0 atom stereocenters. The zero-order chi connectivity index (χ0) is 13.9. The maximum Gasteiger partial charge on any atom is 0.324 e. The van der Waals surface area contributed by atoms with Gasteiger partial charge < -0.3 is 15.3 Å². The van der Waals surface area contributed by atoms with Crippen LogP contribution in [0.3, 0.4) is 0 Å². The van der Waals surface area contributed by atoms with E-state index in [1.807, 2.05) is 6.07 Å². The fraction of sp³-hybridized carbons (Fsp3) is 0.533. The van der Waals surface area contributed by atoms with Crippen LogP contribution in [0.1, 0.15) is 25.3 Å². The summed E-state index contributed by atoms with van der Waals surface area (Å²) in [4.78, 5) is 13.7. The maximum atomic E-state index is 11.4. The third kappa shape index (κ3) is 2.59. The van der Waals surface area contributed by atoms with Crippen molar-refractivity contribution in [2.45, 2.75) is 31.7 Å². The molecule has 0 saturated carbocycles. The minimum atomic E-state index is -0.752. The Morgan fingerprint density at radius 1 is 1.37 bits per heavy atom. The van der Waals surface area contributed by atoms with Crippen molar-refractivity contribution in [1.29, 1.82) is 0 Å². The number of carbonyl (C=O) groups is 1. The summed E-state index contributed by atoms with van der Waals surface area (Å²) in [6, 6.07) is 8.38. The number of nitrogens with zero attached hydrogens (tertiary/aromatic N) is 1. The van der Waals surface area contributed by atoms with Gasteiger partial charge in [0.1, 0.15) is 5.54 Å². The van der Waals surface area contributed by atoms with E-state index in [0.717, 1.165) is 19.5 Å². The van der Waals surface area contributed by atoms with Crippen molar-refractivity contribution >= 4 is 11.7 Å². The molecule has 1 heterocycles. The zero-order valence-electron chi connectivity index (χ0n) is 11.6. The number of aliphatic carboxylic acids is 1. The highest BCUT2D eigenvalue weighted by Crippen LogP contribution is 2.28. The van der Waals surface area contributed by atoms with Crippen molar-refractivity contribution in [1.82, 2.24) is 5.32 Å². The third-order valence-corrected chi connectivity index (χ3v) is 4.22. The molecular weight excluding hydrogens is 240 g/mol. The molecule has 0 amide bonds. The fourth-order valence-corrected chi connectivity index (χ4v) is 2.82. The Kier molecular flexibility index (Phi) is 4.10. The molecular formula is C15H22N2O2. The van der Waals surface area contributed by atoms with Crippen LogP contribution in [0, 0.1) is 0 Å². The van der Waals surface area contributed by atoms with E-state index in [1.54, 1.807) is 7.05 Å². The predicted molar refractivity (Wildman–Crippen MR) is 76.7 cm³/mol. The first-order valence-corrected chi connectivity index (χ1v) is 6.88. The minimum absolute atomic E-state index is 0.636. The number of nitrogens with one attached hydrogen (secondary N) is 1. The average Bonchev–Trinajstić information content (AvgIpc) is 2.47. The van der Waals surface area contributed by atoms with Crippen LogP contribution in [0.2, 0.25) is 0 Å². The molecule has 1 fully saturated rings. The van der Waals surface area contributed by atoms with E-state index in [2.05, 4.69) is 35.3 Å². The molecule has 4 nitrogen and oxygen atoms in total. The molecule has 2 rings (SSSR count). The highest BCUT2D eigenvalue weighted by molar-refractivity contribution is 5.79. The summed E-state index contributed by atoms with van der Waals surface area (Å²) in [7, 11) is 1.74. The summed E-state index contributed by atoms with van der Waals surface area (Å²) in [6.07, 6.45) is 2.27. The molecule has 0 aliphatic carbocycles. The highest BCUT2D eigenvalue weighted by Gasteiger charge is 2.40. The number of hydrogen-bond donors (Lipinski definition) is 2. The highest BCUT2D eigenvalue weighted by atomic mass is 16.4. The molecule has 19 heavy (non-hydrogen) atoms. The van der Waals surface area contributed by atoms with Gasteiger partial charge in [-0.15, -0.1) is 0 Å². The van der Waals surface area contributed by atoms with Gasteiger partial charge in [0.05, 0.1) is 0 Å². The Balaban J connectivity index is 2.13. The van der Waals surface area contributed by atoms with Crippen LogP contribution in [-0.4, -0.2) is 36.8 Å². The summed E-state index contributed by atoms with van der Waals surface area (Å²) in [5, 5.41) is 12.4. The fourth-order valence-electron chi connectivity index (χ4n) is 2.82. The van der Waals surface area contributed by atoms with Crippen molar-refractivity contribution in [3.8, 4) is 0 Å². The van der Waals surface area contributed by atoms with Crippen molar-refractivity contribution in [2.75, 3.05) is 25.0 Å². The lowest BCUT2D eigenvalue weighted by molar-refractivity contribution is -0.145. The van der Waals surface area contributed by atoms with Crippen LogP contribution >= 0.6 is 0 Å². The molecule has 1 aliphatic rings. The van der Waals surface area contributed by atoms with E-state index in [0.29, 0.717) is 12.8 Å². The molecule has 1 saturated heterocycles. The SMILES string of the molecule is CCc1ccccc1N1CCC(NC)(C(=O)O)CC1. The van der Waals surface area contributed by atoms with Gasteiger partial charge in [-0.1, -0.05) is 25.1 Å². The minimum Gasteiger partial charge on any atom is -0.480 e. The monoisotopic (exact) mass is 262 g/mol. The normalized spacial score (nSPS) is 18.3. The van der Waals surface area contributed by atoms with Gasteiger partial charge in [0, 0.05) is 18.8 Å². The van der Waals surface area contributed by atoms with Gasteiger partial charge in [-0.25, -0.2) is 0 Å². The quantitative estimate of drug-likeness (QED) is 0.870. The van der Waals surface area contributed by atoms with Crippen LogP contribution in [0.25, 0.3) is 0 Å². The number of carboxylic acids is 1. The van der Waals surface area contributed by atoms with Crippen LogP contribution in [0.15, 0.2) is 24.3 Å². The summed E-state index contributed by atoms with van der Waals surface area (Å²) in [6.45, 7) is 3.71. The number of para-hydroxylation sites is 1. The Bertz CT molecular complexity index is 451. The van der Waals surface area contributed by atoms with E-state index >= 15 is 0 Å². The number of benzene rings is 1. The summed E-state index contributed by atoms with van der Waals surface area (Å²) in [5.74, 6) is -0.738. The van der Waals surface area contributed by atoms with E-state index in [9.17, 15) is 9.90 Å². The van der Waals surface area contributed by atoms with Crippen molar-refractivity contribution in [3.05, 3.63) is 29.8 Å². The second-order valence-corrected chi connectivity index (χ2v) is 5.11. The van der Waals surface area contributed by atoms with Crippen molar-refractivity contribution in [2.24, 2.45) is 0 Å². The predicted octanol–water partition coefficient (Wildman–Crippen LogP) is 1.89. The standard InChI is InChI=1S/C15H22N2O2/c1-3-12-6-4-5-7-13(12)17-10-8-15(16-2,9-11-17)14(18)19/h4-7,16H,3,8-11H2,1-2H3,(H,18,19). The Morgan fingerprint density at radius 3 is 2.53 bits per heavy atom. The number of rotatable bonds is 4. The first-order valence-electron chi connectivity index (χ1n) is 6.88. The van der Waals surface area contributed by atoms with Crippen LogP contribution in [-0.2, 0) is 11.2 Å². The molecule has 1 aromatic rings. The van der Waals surface area contributed by atoms with Crippen LogP contribution < -0.4 is 10.2 Å². The molecule has 1 aromatic carbocycles. The van der Waals surface area contributed by atoms with Gasteiger partial charge in [-0.3, -0.25) is 4.79 Å². The van der Waals surface area contributed by atoms with Gasteiger partial charge in [0.25, 0.3) is 0 Å². The second kappa shape index (κ2) is 5.61. The summed E-state index contributed by atoms with van der Waals surface area (Å²) < 4.78 is 0. The topological polar surface area (TPSA) is 52.6 Å². The summed E-state index contributed by atoms with van der Waals surface area (Å²) >= 11 is 0. The van der Waals surface area contributed by atoms with Gasteiger partial charge in [-0.2, -0.15) is 0 Å². The molecule has 2 N–H and O–H groups in total. The molecule has 0 aromatic heterocycles. The van der Waals surface area contributed by atoms with Crippen LogP contribution in [0.5, 0.6) is 0 Å². The number of anilines is 1. The Labute approximate surface area is 114 Å². The largest absolute Gasteiger partial charge is 0.480 e. The maximum absolute atomic E-state index is 11.4. The van der Waals surface area contributed by atoms with E-state index in [1.165, 1.54) is 11.3 Å². The zero-order valence-corrected chi connectivity index (χ0v) is 11.6. The first-order chi connectivity index (χ1) is 9.13. The number of piperidine rings is 1. The second-order valence-electron chi connectivity index (χ2n) is 5.11. The lowest BCUT2D eigenvalue weighted by Gasteiger charge is -2.40. The molecule has 1 aliphatic heterocycles. The molecule has 0 unspecified atom stereocenters. The number of hydrogen-bond acceptors (Lipinski definition) is 3. The Morgan fingerprint density at radius 2 is 2.00 bits per heavy atom. The number of likely N-dealkylation sites (N-methyl/N-ethyl adjacent to an activating group) is 1. The molecule has 0 radical (unpaired) electrons. The smallest absolute Gasteiger partial charge is 0.324 e. The average molecular weight is 262 g/mol. The molecule has 0 spiro atoms. The first kappa shape index (κ1) is 13.9. The Hall–Kier alpha value is -1.55. The van der Waals surface area contributed by atoms with Gasteiger partial charge >= 0.3 is 5.97 Å². The van der Waals surface area contributed by atoms with E-state index < -0.39 is 11.5 Å². The molecule has 104 valence electrons. The van der Waals surface area contributed by atoms with Crippen LogP contribution in [0.4, 0.5) is 5.69 Å². The molecule has 0 bridgehead atoms. The lowest BCUT2D eigenvalue weighted by atomic mass is 9.87. The van der Waals surface area contributed by atoms with Crippen molar-refractivity contribution < 1.29 is 9.90 Å². The lowest BCUT2D eigenvalue weighted by Crippen LogP contribution is -2.57. The van der Waals surface area contributed by atoms with Gasteiger partial charge in [0.15, 0.2) is 0 Å². The van der Waals surface area contributed by atoms with Crippen molar-refractivity contribution in [3.63, 3.8) is 0 Å². The molecule has 4 heteroatoms. The van der Waals surface area contributed by atoms with E-state index in [4.69, 9.17) is 0 Å². The van der Waals surface area contributed by atoms with Gasteiger partial charge in [0.2, 0.25) is 0 Å². The van der Waals surface area contributed by atoms with E-state index in [-0.39, 0.29) is 0 Å². The third-order valence-electron chi connectivity index (χ3n) is 4.22. The van der Waals surface area contributed by atoms with Gasteiger partial charge in [-0.05, 0) is 37.9 Å². The number of aryl methyl sites for hydroxylation is 1. The summed E-state index contributed by atoms with van der Waals surface area (Å²) in [5.41, 5.74) is 1.83. The number of carboxylic acid groups (broad SMARTS) is 1.